The van der Waals surface area contributed by atoms with Crippen LogP contribution in [0.5, 0.6) is 0 Å². The Morgan fingerprint density at radius 1 is 0.862 bits per heavy atom. The van der Waals surface area contributed by atoms with Gasteiger partial charge in [0.1, 0.15) is 5.69 Å². The molecule has 148 valence electrons. The van der Waals surface area contributed by atoms with Gasteiger partial charge < -0.3 is 15.7 Å². The molecular formula is C20H14F3N3O3. The van der Waals surface area contributed by atoms with Gasteiger partial charge in [-0.25, -0.2) is 4.79 Å². The molecule has 1 aromatic heterocycles. The molecule has 1 heterocycles. The lowest BCUT2D eigenvalue weighted by molar-refractivity contribution is -0.141. The van der Waals surface area contributed by atoms with Gasteiger partial charge in [0, 0.05) is 28.8 Å². The van der Waals surface area contributed by atoms with E-state index in [1.807, 2.05) is 0 Å². The van der Waals surface area contributed by atoms with Crippen LogP contribution in [-0.2, 0) is 6.18 Å². The SMILES string of the molecule is O=C(O)c1ccc(NC(=O)c2cccc(Nc3ccnc(C(F)(F)F)c3)c2)cc1. The van der Waals surface area contributed by atoms with Gasteiger partial charge in [0.2, 0.25) is 0 Å². The molecule has 2 aromatic carbocycles. The van der Waals surface area contributed by atoms with Gasteiger partial charge in [-0.2, -0.15) is 13.2 Å². The molecular weight excluding hydrogens is 387 g/mol. The minimum Gasteiger partial charge on any atom is -0.478 e. The normalized spacial score (nSPS) is 11.0. The Morgan fingerprint density at radius 3 is 2.21 bits per heavy atom. The topological polar surface area (TPSA) is 91.3 Å². The van der Waals surface area contributed by atoms with Crippen molar-refractivity contribution in [2.45, 2.75) is 6.18 Å². The zero-order chi connectivity index (χ0) is 21.0. The number of aromatic nitrogens is 1. The summed E-state index contributed by atoms with van der Waals surface area (Å²) in [5.41, 5.74) is 0.322. The number of carbonyl (C=O) groups excluding carboxylic acids is 1. The molecule has 0 spiro atoms. The van der Waals surface area contributed by atoms with E-state index in [-0.39, 0.29) is 16.8 Å². The van der Waals surface area contributed by atoms with Crippen molar-refractivity contribution < 1.29 is 27.9 Å². The molecule has 29 heavy (non-hydrogen) atoms. The largest absolute Gasteiger partial charge is 0.478 e. The molecule has 0 unspecified atom stereocenters. The van der Waals surface area contributed by atoms with Gasteiger partial charge in [0.15, 0.2) is 0 Å². The Hall–Kier alpha value is -3.88. The Balaban J connectivity index is 1.73. The van der Waals surface area contributed by atoms with Gasteiger partial charge in [0.25, 0.3) is 5.91 Å². The zero-order valence-electron chi connectivity index (χ0n) is 14.7. The minimum atomic E-state index is -4.56. The standard InChI is InChI=1S/C20H14F3N3O3/c21-20(22,23)17-11-16(8-9-24-17)25-15-3-1-2-13(10-15)18(27)26-14-6-4-12(5-7-14)19(28)29/h1-11H,(H,24,25)(H,26,27)(H,28,29). The fraction of sp³-hybridized carbons (Fsp3) is 0.0500. The van der Waals surface area contributed by atoms with Gasteiger partial charge in [-0.05, 0) is 54.6 Å². The number of carboxylic acid groups (broad SMARTS) is 1. The highest BCUT2D eigenvalue weighted by Crippen LogP contribution is 2.29. The number of amides is 1. The number of hydrogen-bond acceptors (Lipinski definition) is 4. The van der Waals surface area contributed by atoms with E-state index in [1.54, 1.807) is 18.2 Å². The lowest BCUT2D eigenvalue weighted by Crippen LogP contribution is -2.12. The van der Waals surface area contributed by atoms with Crippen molar-refractivity contribution in [3.05, 3.63) is 83.7 Å². The average Bonchev–Trinajstić information content (AvgIpc) is 2.68. The van der Waals surface area contributed by atoms with Crippen LogP contribution in [0.2, 0.25) is 0 Å². The van der Waals surface area contributed by atoms with E-state index in [2.05, 4.69) is 15.6 Å². The van der Waals surface area contributed by atoms with Crippen LogP contribution in [0.1, 0.15) is 26.4 Å². The molecule has 3 rings (SSSR count). The molecule has 3 aromatic rings. The molecule has 3 N–H and O–H groups in total. The minimum absolute atomic E-state index is 0.0878. The van der Waals surface area contributed by atoms with Crippen molar-refractivity contribution in [3.8, 4) is 0 Å². The summed E-state index contributed by atoms with van der Waals surface area (Å²) >= 11 is 0. The molecule has 0 radical (unpaired) electrons. The van der Waals surface area contributed by atoms with Gasteiger partial charge in [-0.1, -0.05) is 6.07 Å². The van der Waals surface area contributed by atoms with Crippen LogP contribution in [0, 0.1) is 0 Å². The maximum absolute atomic E-state index is 12.8. The molecule has 6 nitrogen and oxygen atoms in total. The second-order valence-corrected chi connectivity index (χ2v) is 5.97. The van der Waals surface area contributed by atoms with Crippen LogP contribution in [0.25, 0.3) is 0 Å². The zero-order valence-corrected chi connectivity index (χ0v) is 14.7. The molecule has 0 atom stereocenters. The molecule has 0 saturated carbocycles. The molecule has 0 fully saturated rings. The van der Waals surface area contributed by atoms with Crippen LogP contribution in [0.15, 0.2) is 66.9 Å². The smallest absolute Gasteiger partial charge is 0.433 e. The van der Waals surface area contributed by atoms with E-state index in [9.17, 15) is 22.8 Å². The number of pyridine rings is 1. The number of alkyl halides is 3. The maximum Gasteiger partial charge on any atom is 0.433 e. The summed E-state index contributed by atoms with van der Waals surface area (Å²) in [5.74, 6) is -1.53. The summed E-state index contributed by atoms with van der Waals surface area (Å²) < 4.78 is 38.3. The Bertz CT molecular complexity index is 1050. The van der Waals surface area contributed by atoms with Crippen molar-refractivity contribution in [1.29, 1.82) is 0 Å². The van der Waals surface area contributed by atoms with Crippen LogP contribution < -0.4 is 10.6 Å². The first-order chi connectivity index (χ1) is 13.7. The van der Waals surface area contributed by atoms with Gasteiger partial charge >= 0.3 is 12.1 Å². The first-order valence-electron chi connectivity index (χ1n) is 8.27. The van der Waals surface area contributed by atoms with Crippen molar-refractivity contribution >= 4 is 28.9 Å². The monoisotopic (exact) mass is 401 g/mol. The summed E-state index contributed by atoms with van der Waals surface area (Å²) in [7, 11) is 0. The Kier molecular flexibility index (Phi) is 5.49. The number of rotatable bonds is 5. The number of aromatic carboxylic acids is 1. The number of anilines is 3. The van der Waals surface area contributed by atoms with Crippen LogP contribution >= 0.6 is 0 Å². The first-order valence-corrected chi connectivity index (χ1v) is 8.27. The number of nitrogens with one attached hydrogen (secondary N) is 2. The molecule has 0 aliphatic rings. The predicted molar refractivity (Wildman–Crippen MR) is 100 cm³/mol. The average molecular weight is 401 g/mol. The van der Waals surface area contributed by atoms with E-state index in [0.717, 1.165) is 12.3 Å². The fourth-order valence-corrected chi connectivity index (χ4v) is 2.47. The van der Waals surface area contributed by atoms with E-state index < -0.39 is 23.7 Å². The molecule has 0 saturated heterocycles. The quantitative estimate of drug-likeness (QED) is 0.572. The third-order valence-corrected chi connectivity index (χ3v) is 3.85. The van der Waals surface area contributed by atoms with Crippen molar-refractivity contribution in [1.82, 2.24) is 4.98 Å². The highest BCUT2D eigenvalue weighted by molar-refractivity contribution is 6.05. The Labute approximate surface area is 163 Å². The van der Waals surface area contributed by atoms with Crippen molar-refractivity contribution in [3.63, 3.8) is 0 Å². The predicted octanol–water partition coefficient (Wildman–Crippen LogP) is 4.79. The highest BCUT2D eigenvalue weighted by Gasteiger charge is 2.32. The number of hydrogen-bond donors (Lipinski definition) is 3. The second kappa shape index (κ2) is 8.01. The van der Waals surface area contributed by atoms with Crippen LogP contribution in [0.3, 0.4) is 0 Å². The summed E-state index contributed by atoms with van der Waals surface area (Å²) in [6.07, 6.45) is -3.52. The summed E-state index contributed by atoms with van der Waals surface area (Å²) in [6.45, 7) is 0. The molecule has 1 amide bonds. The van der Waals surface area contributed by atoms with Crippen LogP contribution in [0.4, 0.5) is 30.2 Å². The van der Waals surface area contributed by atoms with E-state index in [0.29, 0.717) is 11.4 Å². The number of halogens is 3. The fourth-order valence-electron chi connectivity index (χ4n) is 2.47. The van der Waals surface area contributed by atoms with Crippen molar-refractivity contribution in [2.75, 3.05) is 10.6 Å². The Morgan fingerprint density at radius 2 is 1.55 bits per heavy atom. The van der Waals surface area contributed by atoms with Crippen LogP contribution in [-0.4, -0.2) is 22.0 Å². The maximum atomic E-state index is 12.8. The summed E-state index contributed by atoms with van der Waals surface area (Å²) in [6, 6.07) is 14.1. The second-order valence-electron chi connectivity index (χ2n) is 5.97. The number of carboxylic acids is 1. The van der Waals surface area contributed by atoms with Gasteiger partial charge in [0.05, 0.1) is 5.56 Å². The molecule has 0 bridgehead atoms. The van der Waals surface area contributed by atoms with E-state index in [1.165, 1.54) is 36.4 Å². The molecule has 0 aliphatic carbocycles. The van der Waals surface area contributed by atoms with E-state index in [4.69, 9.17) is 5.11 Å². The number of benzene rings is 2. The third kappa shape index (κ3) is 5.10. The number of carbonyl (C=O) groups is 2. The van der Waals surface area contributed by atoms with E-state index >= 15 is 0 Å². The third-order valence-electron chi connectivity index (χ3n) is 3.85. The van der Waals surface area contributed by atoms with Gasteiger partial charge in [-0.3, -0.25) is 9.78 Å². The van der Waals surface area contributed by atoms with Gasteiger partial charge in [-0.15, -0.1) is 0 Å². The summed E-state index contributed by atoms with van der Waals surface area (Å²) in [4.78, 5) is 26.6. The molecule has 0 aliphatic heterocycles. The lowest BCUT2D eigenvalue weighted by atomic mass is 10.1. The van der Waals surface area contributed by atoms with Crippen molar-refractivity contribution in [2.24, 2.45) is 0 Å². The lowest BCUT2D eigenvalue weighted by Gasteiger charge is -2.11. The number of nitrogens with zero attached hydrogens (tertiary/aromatic N) is 1. The molecule has 9 heteroatoms. The summed E-state index contributed by atoms with van der Waals surface area (Å²) in [5, 5.41) is 14.3. The highest BCUT2D eigenvalue weighted by atomic mass is 19.4. The first kappa shape index (κ1) is 19.9.